The van der Waals surface area contributed by atoms with Crippen LogP contribution in [-0.4, -0.2) is 59.5 Å². The van der Waals surface area contributed by atoms with Crippen LogP contribution < -0.4 is 0 Å². The van der Waals surface area contributed by atoms with Crippen LogP contribution in [0.2, 0.25) is 0 Å². The highest BCUT2D eigenvalue weighted by atomic mass is 16.5. The van der Waals surface area contributed by atoms with Crippen LogP contribution in [0.5, 0.6) is 0 Å². The largest absolute Gasteiger partial charge is 0.393 e. The second-order valence-electron chi connectivity index (χ2n) is 10.9. The molecule has 0 spiro atoms. The Morgan fingerprint density at radius 1 is 1.19 bits per heavy atom. The van der Waals surface area contributed by atoms with Gasteiger partial charge in [-0.1, -0.05) is 43.2 Å². The minimum Gasteiger partial charge on any atom is -0.393 e. The monoisotopic (exact) mass is 429 g/mol. The van der Waals surface area contributed by atoms with E-state index < -0.39 is 18.3 Å². The molecule has 0 aromatic rings. The van der Waals surface area contributed by atoms with E-state index >= 15 is 0 Å². The predicted molar refractivity (Wildman–Crippen MR) is 121 cm³/mol. The maximum absolute atomic E-state index is 12.3. The van der Waals surface area contributed by atoms with Crippen molar-refractivity contribution in [3.8, 4) is 0 Å². The fourth-order valence-electron chi connectivity index (χ4n) is 7.10. The molecular formula is C26H39NO4. The Kier molecular flexibility index (Phi) is 5.77. The van der Waals surface area contributed by atoms with Gasteiger partial charge in [0.05, 0.1) is 18.3 Å². The van der Waals surface area contributed by atoms with Crippen LogP contribution in [0.4, 0.5) is 0 Å². The summed E-state index contributed by atoms with van der Waals surface area (Å²) in [5.74, 6) is 0.719. The average molecular weight is 430 g/mol. The number of aliphatic hydroxyl groups is 2. The molecule has 31 heavy (non-hydrogen) atoms. The third-order valence-corrected chi connectivity index (χ3v) is 8.93. The molecule has 0 radical (unpaired) electrons. The predicted octanol–water partition coefficient (Wildman–Crippen LogP) is 3.62. The summed E-state index contributed by atoms with van der Waals surface area (Å²) in [5.41, 5.74) is 3.71. The maximum atomic E-state index is 12.3. The summed E-state index contributed by atoms with van der Waals surface area (Å²) in [6, 6.07) is 0. The van der Waals surface area contributed by atoms with Crippen molar-refractivity contribution in [2.45, 2.75) is 84.2 Å². The lowest BCUT2D eigenvalue weighted by Crippen LogP contribution is -2.52. The van der Waals surface area contributed by atoms with Crippen LogP contribution >= 0.6 is 0 Å². The molecule has 4 aliphatic carbocycles. The molecule has 2 saturated carbocycles. The molecule has 0 aliphatic heterocycles. The summed E-state index contributed by atoms with van der Waals surface area (Å²) >= 11 is 0. The Labute approximate surface area is 186 Å². The summed E-state index contributed by atoms with van der Waals surface area (Å²) < 4.78 is 6.18. The van der Waals surface area contributed by atoms with Gasteiger partial charge in [0.1, 0.15) is 6.10 Å². The molecule has 172 valence electrons. The lowest BCUT2D eigenvalue weighted by Gasteiger charge is -2.56. The second kappa shape index (κ2) is 7.86. The van der Waals surface area contributed by atoms with E-state index in [9.17, 15) is 15.0 Å². The number of ether oxygens (including phenoxy) is 1. The van der Waals surface area contributed by atoms with Crippen LogP contribution in [0.15, 0.2) is 34.9 Å². The highest BCUT2D eigenvalue weighted by molar-refractivity contribution is 5.80. The molecule has 4 aliphatic rings. The van der Waals surface area contributed by atoms with Crippen molar-refractivity contribution in [2.24, 2.45) is 22.7 Å². The molecule has 8 atom stereocenters. The van der Waals surface area contributed by atoms with E-state index in [2.05, 4.69) is 39.0 Å². The first-order valence-corrected chi connectivity index (χ1v) is 11.8. The van der Waals surface area contributed by atoms with Gasteiger partial charge in [-0.25, -0.2) is 0 Å². The summed E-state index contributed by atoms with van der Waals surface area (Å²) in [7, 11) is 3.52. The highest BCUT2D eigenvalue weighted by Gasteiger charge is 2.57. The van der Waals surface area contributed by atoms with Crippen molar-refractivity contribution >= 4 is 5.91 Å². The zero-order valence-electron chi connectivity index (χ0n) is 19.9. The van der Waals surface area contributed by atoms with Gasteiger partial charge >= 0.3 is 0 Å². The minimum atomic E-state index is -0.505. The fraction of sp³-hybridized carbons (Fsp3) is 0.731. The third kappa shape index (κ3) is 3.44. The van der Waals surface area contributed by atoms with Gasteiger partial charge in [0.15, 0.2) is 0 Å². The van der Waals surface area contributed by atoms with E-state index in [-0.39, 0.29) is 22.8 Å². The lowest BCUT2D eigenvalue weighted by molar-refractivity contribution is -0.142. The van der Waals surface area contributed by atoms with Crippen molar-refractivity contribution in [3.05, 3.63) is 34.9 Å². The van der Waals surface area contributed by atoms with Crippen molar-refractivity contribution in [2.75, 3.05) is 14.1 Å². The summed E-state index contributed by atoms with van der Waals surface area (Å²) in [5, 5.41) is 21.2. The topological polar surface area (TPSA) is 70.0 Å². The Morgan fingerprint density at radius 3 is 2.58 bits per heavy atom. The number of hydrogen-bond acceptors (Lipinski definition) is 4. The van der Waals surface area contributed by atoms with Crippen LogP contribution in [0.25, 0.3) is 0 Å². The molecule has 0 aromatic heterocycles. The minimum absolute atomic E-state index is 0.00934. The summed E-state index contributed by atoms with van der Waals surface area (Å²) in [4.78, 5) is 13.9. The number of carbonyl (C=O) groups excluding carboxylic acids is 1. The Morgan fingerprint density at radius 2 is 1.90 bits per heavy atom. The van der Waals surface area contributed by atoms with Gasteiger partial charge in [-0.15, -0.1) is 0 Å². The van der Waals surface area contributed by atoms with E-state index in [1.807, 2.05) is 6.92 Å². The van der Waals surface area contributed by atoms with Gasteiger partial charge in [-0.05, 0) is 62.4 Å². The quantitative estimate of drug-likeness (QED) is 0.670. The molecule has 5 heteroatoms. The zero-order valence-corrected chi connectivity index (χ0v) is 19.9. The van der Waals surface area contributed by atoms with E-state index in [4.69, 9.17) is 4.74 Å². The normalized spacial score (nSPS) is 41.1. The Bertz CT molecular complexity index is 842. The highest BCUT2D eigenvalue weighted by Crippen LogP contribution is 2.64. The SMILES string of the molecule is CC(O[C@H](C)C(=O)N(C)C)C1=CC[C@H]2C3=CC=C4C[C@@H](O)C[C@H](O)[C@]4(C)[C@H]3CC[C@]12C. The maximum Gasteiger partial charge on any atom is 0.250 e. The number of hydrogen-bond donors (Lipinski definition) is 2. The third-order valence-electron chi connectivity index (χ3n) is 8.93. The number of aliphatic hydroxyl groups excluding tert-OH is 2. The number of fused-ring (bicyclic) bond motifs is 5. The fourth-order valence-corrected chi connectivity index (χ4v) is 7.10. The molecule has 2 N–H and O–H groups in total. The van der Waals surface area contributed by atoms with Crippen molar-refractivity contribution in [1.29, 1.82) is 0 Å². The average Bonchev–Trinajstić information content (AvgIpc) is 3.05. The van der Waals surface area contributed by atoms with E-state index in [0.717, 1.165) is 19.3 Å². The molecule has 1 amide bonds. The van der Waals surface area contributed by atoms with Gasteiger partial charge in [0.2, 0.25) is 0 Å². The molecular weight excluding hydrogens is 390 g/mol. The van der Waals surface area contributed by atoms with Crippen LogP contribution in [0, 0.1) is 22.7 Å². The standard InChI is InChI=1S/C26H39NO4/c1-15(31-16(2)24(30)27(5)6)20-9-10-21-19-8-7-17-13-18(28)14-23(29)26(17,4)22(19)11-12-25(20,21)3/h7-9,15-16,18,21-23,28-29H,10-14H2,1-6H3/t15?,16-,18-,21+,22+,23+,25-,26+/m1/s1. The number of rotatable bonds is 4. The number of carbonyl (C=O) groups is 1. The lowest BCUT2D eigenvalue weighted by atomic mass is 9.49. The van der Waals surface area contributed by atoms with Crippen molar-refractivity contribution < 1.29 is 19.7 Å². The van der Waals surface area contributed by atoms with Crippen molar-refractivity contribution in [1.82, 2.24) is 4.90 Å². The summed E-state index contributed by atoms with van der Waals surface area (Å²) in [6.45, 7) is 8.47. The Balaban J connectivity index is 1.58. The van der Waals surface area contributed by atoms with Gasteiger partial charge in [-0.3, -0.25) is 4.79 Å². The molecule has 4 rings (SSSR count). The molecule has 5 nitrogen and oxygen atoms in total. The molecule has 0 bridgehead atoms. The van der Waals surface area contributed by atoms with Gasteiger partial charge in [0, 0.05) is 25.9 Å². The number of likely N-dealkylation sites (N-methyl/N-ethyl adjacent to an activating group) is 1. The summed E-state index contributed by atoms with van der Waals surface area (Å²) in [6.07, 6.45) is 9.48. The molecule has 0 aromatic carbocycles. The molecule has 0 heterocycles. The second-order valence-corrected chi connectivity index (χ2v) is 10.9. The van der Waals surface area contributed by atoms with Gasteiger partial charge < -0.3 is 19.8 Å². The van der Waals surface area contributed by atoms with Crippen molar-refractivity contribution in [3.63, 3.8) is 0 Å². The number of amides is 1. The van der Waals surface area contributed by atoms with E-state index in [1.165, 1.54) is 16.7 Å². The first kappa shape index (κ1) is 22.8. The number of nitrogens with zero attached hydrogens (tertiary/aromatic N) is 1. The molecule has 0 saturated heterocycles. The smallest absolute Gasteiger partial charge is 0.250 e. The molecule has 2 fully saturated rings. The molecule has 1 unspecified atom stereocenters. The first-order chi connectivity index (χ1) is 14.5. The Hall–Kier alpha value is -1.43. The van der Waals surface area contributed by atoms with Crippen LogP contribution in [0.1, 0.15) is 59.8 Å². The first-order valence-electron chi connectivity index (χ1n) is 11.8. The zero-order chi connectivity index (χ0) is 22.7. The van der Waals surface area contributed by atoms with Crippen LogP contribution in [-0.2, 0) is 9.53 Å². The van der Waals surface area contributed by atoms with Gasteiger partial charge in [0.25, 0.3) is 5.91 Å². The van der Waals surface area contributed by atoms with E-state index in [0.29, 0.717) is 24.7 Å². The number of allylic oxidation sites excluding steroid dienone is 4. The van der Waals surface area contributed by atoms with Gasteiger partial charge in [-0.2, -0.15) is 0 Å². The van der Waals surface area contributed by atoms with Crippen LogP contribution in [0.3, 0.4) is 0 Å². The van der Waals surface area contributed by atoms with E-state index in [1.54, 1.807) is 19.0 Å².